The molecule has 0 amide bonds. The molecule has 0 fully saturated rings. The highest BCUT2D eigenvalue weighted by molar-refractivity contribution is 6.16. The number of nitrogens with zero attached hydrogens (tertiary/aromatic N) is 1. The predicted octanol–water partition coefficient (Wildman–Crippen LogP) is 2.84. The van der Waals surface area contributed by atoms with Crippen molar-refractivity contribution in [3.05, 3.63) is 29.7 Å². The van der Waals surface area contributed by atoms with Crippen LogP contribution in [-0.2, 0) is 5.88 Å². The second-order valence-electron chi connectivity index (χ2n) is 2.48. The number of aromatic nitrogens is 1. The van der Waals surface area contributed by atoms with Crippen LogP contribution in [0.1, 0.15) is 5.89 Å². The van der Waals surface area contributed by atoms with Crippen molar-refractivity contribution in [1.82, 2.24) is 4.98 Å². The van der Waals surface area contributed by atoms with Crippen LogP contribution in [0.15, 0.2) is 16.5 Å². The van der Waals surface area contributed by atoms with Gasteiger partial charge in [0.1, 0.15) is 11.3 Å². The summed E-state index contributed by atoms with van der Waals surface area (Å²) in [7, 11) is 0. The first-order valence-electron chi connectivity index (χ1n) is 3.51. The molecule has 5 heteroatoms. The summed E-state index contributed by atoms with van der Waals surface area (Å²) in [5.41, 5.74) is 0.0881. The molecule has 0 saturated heterocycles. The molecular formula is C8H4ClF2NO. The number of rotatable bonds is 1. The van der Waals surface area contributed by atoms with Gasteiger partial charge in [-0.1, -0.05) is 0 Å². The van der Waals surface area contributed by atoms with Crippen molar-refractivity contribution in [2.24, 2.45) is 0 Å². The molecule has 0 N–H and O–H groups in total. The van der Waals surface area contributed by atoms with Crippen LogP contribution in [0.3, 0.4) is 0 Å². The first kappa shape index (κ1) is 8.44. The Kier molecular flexibility index (Phi) is 1.92. The number of halogens is 3. The Bertz CT molecular complexity index is 455. The van der Waals surface area contributed by atoms with E-state index < -0.39 is 11.6 Å². The predicted molar refractivity (Wildman–Crippen MR) is 43.5 cm³/mol. The molecule has 0 saturated carbocycles. The van der Waals surface area contributed by atoms with Crippen molar-refractivity contribution < 1.29 is 13.2 Å². The Balaban J connectivity index is 2.75. The van der Waals surface area contributed by atoms with Gasteiger partial charge in [-0.15, -0.1) is 11.6 Å². The van der Waals surface area contributed by atoms with Gasteiger partial charge in [0.15, 0.2) is 11.4 Å². The third kappa shape index (κ3) is 1.37. The molecule has 0 spiro atoms. The summed E-state index contributed by atoms with van der Waals surface area (Å²) in [5, 5.41) is 0. The first-order chi connectivity index (χ1) is 6.20. The fourth-order valence-electron chi connectivity index (χ4n) is 1.06. The standard InChI is InChI=1S/C8H4ClF2NO/c9-3-7-12-8-5(11)1-4(10)2-6(8)13-7/h1-2H,3H2. The number of benzene rings is 1. The molecule has 2 nitrogen and oxygen atoms in total. The lowest BCUT2D eigenvalue weighted by atomic mass is 10.3. The second kappa shape index (κ2) is 2.96. The molecule has 2 rings (SSSR count). The smallest absolute Gasteiger partial charge is 0.210 e. The highest BCUT2D eigenvalue weighted by Crippen LogP contribution is 2.20. The van der Waals surface area contributed by atoms with Crippen molar-refractivity contribution in [2.45, 2.75) is 5.88 Å². The van der Waals surface area contributed by atoms with Crippen molar-refractivity contribution >= 4 is 22.7 Å². The van der Waals surface area contributed by atoms with Gasteiger partial charge in [0.25, 0.3) is 0 Å². The minimum absolute atomic E-state index is 0.0112. The number of fused-ring (bicyclic) bond motifs is 1. The van der Waals surface area contributed by atoms with Crippen LogP contribution >= 0.6 is 11.6 Å². The van der Waals surface area contributed by atoms with Crippen LogP contribution in [0.5, 0.6) is 0 Å². The van der Waals surface area contributed by atoms with Crippen molar-refractivity contribution in [3.63, 3.8) is 0 Å². The minimum Gasteiger partial charge on any atom is -0.439 e. The van der Waals surface area contributed by atoms with Crippen molar-refractivity contribution in [3.8, 4) is 0 Å². The molecule has 0 unspecified atom stereocenters. The molecule has 13 heavy (non-hydrogen) atoms. The van der Waals surface area contributed by atoms with E-state index in [0.717, 1.165) is 12.1 Å². The molecule has 0 bridgehead atoms. The SMILES string of the molecule is Fc1cc(F)c2nc(CCl)oc2c1. The second-order valence-corrected chi connectivity index (χ2v) is 2.74. The molecule has 1 aromatic carbocycles. The van der Waals surface area contributed by atoms with Crippen LogP contribution < -0.4 is 0 Å². The highest BCUT2D eigenvalue weighted by Gasteiger charge is 2.10. The van der Waals surface area contributed by atoms with E-state index in [4.69, 9.17) is 16.0 Å². The summed E-state index contributed by atoms with van der Waals surface area (Å²) >= 11 is 5.42. The van der Waals surface area contributed by atoms with Gasteiger partial charge in [-0.2, -0.15) is 0 Å². The lowest BCUT2D eigenvalue weighted by molar-refractivity contribution is 0.548. The number of oxazole rings is 1. The van der Waals surface area contributed by atoms with E-state index >= 15 is 0 Å². The third-order valence-corrected chi connectivity index (χ3v) is 1.80. The van der Waals surface area contributed by atoms with E-state index in [1.54, 1.807) is 0 Å². The zero-order chi connectivity index (χ0) is 9.42. The Morgan fingerprint density at radius 3 is 2.85 bits per heavy atom. The van der Waals surface area contributed by atoms with Gasteiger partial charge in [0.05, 0.1) is 5.88 Å². The Labute approximate surface area is 77.1 Å². The van der Waals surface area contributed by atoms with Crippen LogP contribution in [0.4, 0.5) is 8.78 Å². The average Bonchev–Trinajstić information content (AvgIpc) is 2.47. The van der Waals surface area contributed by atoms with Gasteiger partial charge >= 0.3 is 0 Å². The molecule has 0 aliphatic rings. The van der Waals surface area contributed by atoms with Crippen molar-refractivity contribution in [2.75, 3.05) is 0 Å². The minimum atomic E-state index is -0.741. The molecule has 0 radical (unpaired) electrons. The molecule has 0 atom stereocenters. The molecular weight excluding hydrogens is 200 g/mol. The van der Waals surface area contributed by atoms with Gasteiger partial charge in [-0.05, 0) is 0 Å². The summed E-state index contributed by atoms with van der Waals surface area (Å²) in [5.74, 6) is -1.21. The maximum atomic E-state index is 13.0. The summed E-state index contributed by atoms with van der Waals surface area (Å²) in [6.45, 7) is 0. The van der Waals surface area contributed by atoms with E-state index in [2.05, 4.69) is 4.98 Å². The van der Waals surface area contributed by atoms with Gasteiger partial charge in [-0.3, -0.25) is 0 Å². The monoisotopic (exact) mass is 203 g/mol. The number of hydrogen-bond donors (Lipinski definition) is 0. The molecule has 1 heterocycles. The number of hydrogen-bond acceptors (Lipinski definition) is 2. The molecule has 2 aromatic rings. The zero-order valence-electron chi connectivity index (χ0n) is 6.35. The Hall–Kier alpha value is -1.16. The summed E-state index contributed by atoms with van der Waals surface area (Å²) in [4.78, 5) is 3.73. The highest BCUT2D eigenvalue weighted by atomic mass is 35.5. The quantitative estimate of drug-likeness (QED) is 0.666. The summed E-state index contributed by atoms with van der Waals surface area (Å²) < 4.78 is 30.6. The Morgan fingerprint density at radius 1 is 1.38 bits per heavy atom. The van der Waals surface area contributed by atoms with Crippen LogP contribution in [0.2, 0.25) is 0 Å². The molecule has 0 aliphatic carbocycles. The molecule has 0 aliphatic heterocycles. The maximum Gasteiger partial charge on any atom is 0.210 e. The molecule has 68 valence electrons. The lowest BCUT2D eigenvalue weighted by Gasteiger charge is -1.88. The van der Waals surface area contributed by atoms with Crippen LogP contribution in [-0.4, -0.2) is 4.98 Å². The van der Waals surface area contributed by atoms with Gasteiger partial charge in [0.2, 0.25) is 5.89 Å². The van der Waals surface area contributed by atoms with E-state index in [0.29, 0.717) is 0 Å². The number of alkyl halides is 1. The molecule has 1 aromatic heterocycles. The van der Waals surface area contributed by atoms with Gasteiger partial charge < -0.3 is 4.42 Å². The van der Waals surface area contributed by atoms with E-state index in [-0.39, 0.29) is 22.9 Å². The van der Waals surface area contributed by atoms with Crippen LogP contribution in [0, 0.1) is 11.6 Å². The first-order valence-corrected chi connectivity index (χ1v) is 4.04. The summed E-state index contributed by atoms with van der Waals surface area (Å²) in [6, 6.07) is 1.82. The van der Waals surface area contributed by atoms with Gasteiger partial charge in [-0.25, -0.2) is 13.8 Å². The van der Waals surface area contributed by atoms with Crippen LogP contribution in [0.25, 0.3) is 11.1 Å². The van der Waals surface area contributed by atoms with E-state index in [1.165, 1.54) is 0 Å². The maximum absolute atomic E-state index is 13.0. The average molecular weight is 204 g/mol. The fraction of sp³-hybridized carbons (Fsp3) is 0.125. The fourth-order valence-corrected chi connectivity index (χ4v) is 1.17. The van der Waals surface area contributed by atoms with E-state index in [1.807, 2.05) is 0 Å². The third-order valence-electron chi connectivity index (χ3n) is 1.57. The van der Waals surface area contributed by atoms with Gasteiger partial charge in [0, 0.05) is 12.1 Å². The largest absolute Gasteiger partial charge is 0.439 e. The summed E-state index contributed by atoms with van der Waals surface area (Å²) in [6.07, 6.45) is 0. The topological polar surface area (TPSA) is 26.0 Å². The normalized spacial score (nSPS) is 11.0. The lowest BCUT2D eigenvalue weighted by Crippen LogP contribution is -1.81. The van der Waals surface area contributed by atoms with Crippen molar-refractivity contribution in [1.29, 1.82) is 0 Å². The van der Waals surface area contributed by atoms with E-state index in [9.17, 15) is 8.78 Å². The Morgan fingerprint density at radius 2 is 2.15 bits per heavy atom. The zero-order valence-corrected chi connectivity index (χ0v) is 7.11.